The highest BCUT2D eigenvalue weighted by molar-refractivity contribution is 7.17. The van der Waals surface area contributed by atoms with E-state index in [9.17, 15) is 4.79 Å². The number of ketones is 1. The second-order valence-electron chi connectivity index (χ2n) is 8.96. The third kappa shape index (κ3) is 4.07. The molecular formula is C26H21FN8OS. The number of hydrogen-bond donors (Lipinski definition) is 2. The van der Waals surface area contributed by atoms with Crippen LogP contribution < -0.4 is 0 Å². The summed E-state index contributed by atoms with van der Waals surface area (Å²) in [6.45, 7) is 2.22. The summed E-state index contributed by atoms with van der Waals surface area (Å²) in [5.41, 5.74) is 4.55. The molecule has 0 aliphatic heterocycles. The van der Waals surface area contributed by atoms with Crippen molar-refractivity contribution in [3.05, 3.63) is 65.3 Å². The van der Waals surface area contributed by atoms with Crippen LogP contribution in [-0.4, -0.2) is 59.9 Å². The van der Waals surface area contributed by atoms with Crippen molar-refractivity contribution < 1.29 is 9.18 Å². The van der Waals surface area contributed by atoms with E-state index in [1.807, 2.05) is 31.1 Å². The molecule has 0 aliphatic rings. The van der Waals surface area contributed by atoms with Crippen LogP contribution in [0.25, 0.3) is 55.3 Å². The largest absolute Gasteiger partial charge is 0.337 e. The molecule has 0 saturated heterocycles. The lowest BCUT2D eigenvalue weighted by molar-refractivity contribution is 0.102. The number of hydrogen-bond acceptors (Lipinski definition) is 8. The summed E-state index contributed by atoms with van der Waals surface area (Å²) >= 11 is 1.36. The van der Waals surface area contributed by atoms with Crippen LogP contribution in [0.2, 0.25) is 0 Å². The Morgan fingerprint density at radius 1 is 1.14 bits per heavy atom. The SMILES string of the molecule is CC(=O)c1ccc(-c2nccc3[nH]c(-c4[nH]nc5ncc(-c6cncc(CN(C)C)c6)c(F)c45)nc23)s1. The van der Waals surface area contributed by atoms with Crippen molar-refractivity contribution in [3.8, 4) is 33.2 Å². The predicted molar refractivity (Wildman–Crippen MR) is 141 cm³/mol. The Morgan fingerprint density at radius 2 is 2.00 bits per heavy atom. The normalized spacial score (nSPS) is 11.7. The minimum atomic E-state index is -0.458. The maximum absolute atomic E-state index is 16.0. The van der Waals surface area contributed by atoms with Gasteiger partial charge in [-0.25, -0.2) is 14.4 Å². The molecule has 6 aromatic heterocycles. The summed E-state index contributed by atoms with van der Waals surface area (Å²) in [7, 11) is 3.93. The number of carbonyl (C=O) groups excluding carboxylic acids is 1. The van der Waals surface area contributed by atoms with Gasteiger partial charge in [-0.15, -0.1) is 11.3 Å². The molecule has 6 rings (SSSR count). The predicted octanol–water partition coefficient (Wildman–Crippen LogP) is 5.09. The lowest BCUT2D eigenvalue weighted by Crippen LogP contribution is -2.10. The number of pyridine rings is 3. The number of rotatable bonds is 6. The van der Waals surface area contributed by atoms with E-state index in [1.165, 1.54) is 24.5 Å². The van der Waals surface area contributed by atoms with Crippen LogP contribution in [0.5, 0.6) is 0 Å². The Bertz CT molecular complexity index is 1800. The first kappa shape index (κ1) is 23.1. The average Bonchev–Trinajstić information content (AvgIpc) is 3.61. The molecule has 0 aromatic carbocycles. The number of aromatic nitrogens is 7. The molecule has 2 N–H and O–H groups in total. The van der Waals surface area contributed by atoms with Crippen molar-refractivity contribution in [2.24, 2.45) is 0 Å². The first-order valence-electron chi connectivity index (χ1n) is 11.5. The second-order valence-corrected chi connectivity index (χ2v) is 10.0. The van der Waals surface area contributed by atoms with Gasteiger partial charge in [-0.05, 0) is 50.8 Å². The Hall–Kier alpha value is -4.35. The molecule has 0 atom stereocenters. The molecule has 11 heteroatoms. The summed E-state index contributed by atoms with van der Waals surface area (Å²) in [6.07, 6.45) is 6.54. The quantitative estimate of drug-likeness (QED) is 0.299. The van der Waals surface area contributed by atoms with Gasteiger partial charge in [-0.1, -0.05) is 0 Å². The minimum Gasteiger partial charge on any atom is -0.337 e. The fraction of sp³-hybridized carbons (Fsp3) is 0.154. The molecule has 0 spiro atoms. The number of halogens is 1. The number of carbonyl (C=O) groups is 1. The standard InChI is InChI=1S/C26H21FN8OS/c1-13(36)18-4-5-19(37-18)23-22-17(6-7-29-23)31-26(32-22)24-20-21(27)16(11-30-25(20)34-33-24)15-8-14(9-28-10-15)12-35(2)3/h4-11H,12H2,1-3H3,(H,31,32)(H,30,33,34). The van der Waals surface area contributed by atoms with E-state index in [4.69, 9.17) is 4.98 Å². The van der Waals surface area contributed by atoms with Gasteiger partial charge >= 0.3 is 0 Å². The van der Waals surface area contributed by atoms with Gasteiger partial charge in [0.1, 0.15) is 22.7 Å². The van der Waals surface area contributed by atoms with Gasteiger partial charge in [-0.2, -0.15) is 5.10 Å². The zero-order chi connectivity index (χ0) is 25.7. The number of Topliss-reactive ketones (excluding diaryl/α,β-unsaturated/α-hetero) is 1. The van der Waals surface area contributed by atoms with Crippen molar-refractivity contribution in [1.29, 1.82) is 0 Å². The van der Waals surface area contributed by atoms with Crippen LogP contribution in [0.4, 0.5) is 4.39 Å². The molecule has 0 saturated carbocycles. The molecular weight excluding hydrogens is 491 g/mol. The number of aromatic amines is 2. The molecule has 184 valence electrons. The van der Waals surface area contributed by atoms with Crippen LogP contribution in [0.3, 0.4) is 0 Å². The van der Waals surface area contributed by atoms with Crippen LogP contribution in [-0.2, 0) is 6.54 Å². The fourth-order valence-corrected chi connectivity index (χ4v) is 5.20. The zero-order valence-electron chi connectivity index (χ0n) is 20.2. The maximum atomic E-state index is 16.0. The summed E-state index contributed by atoms with van der Waals surface area (Å²) < 4.78 is 16.0. The minimum absolute atomic E-state index is 0.00342. The van der Waals surface area contributed by atoms with Gasteiger partial charge in [0.05, 0.1) is 20.7 Å². The summed E-state index contributed by atoms with van der Waals surface area (Å²) in [6, 6.07) is 7.35. The summed E-state index contributed by atoms with van der Waals surface area (Å²) in [5.74, 6) is -0.0514. The topological polar surface area (TPSA) is 116 Å². The molecule has 0 aliphatic carbocycles. The van der Waals surface area contributed by atoms with Gasteiger partial charge in [0, 0.05) is 42.5 Å². The Labute approximate surface area is 214 Å². The van der Waals surface area contributed by atoms with Gasteiger partial charge in [0.25, 0.3) is 0 Å². The molecule has 6 heterocycles. The first-order chi connectivity index (χ1) is 17.9. The smallest absolute Gasteiger partial charge is 0.184 e. The maximum Gasteiger partial charge on any atom is 0.184 e. The lowest BCUT2D eigenvalue weighted by Gasteiger charge is -2.11. The Kier molecular flexibility index (Phi) is 5.58. The number of nitrogens with one attached hydrogen (secondary N) is 2. The van der Waals surface area contributed by atoms with Crippen LogP contribution >= 0.6 is 11.3 Å². The average molecular weight is 513 g/mol. The van der Waals surface area contributed by atoms with Crippen molar-refractivity contribution in [2.45, 2.75) is 13.5 Å². The van der Waals surface area contributed by atoms with E-state index < -0.39 is 5.82 Å². The second kappa shape index (κ2) is 8.95. The highest BCUT2D eigenvalue weighted by Gasteiger charge is 2.22. The summed E-state index contributed by atoms with van der Waals surface area (Å²) in [4.78, 5) is 36.4. The molecule has 6 aromatic rings. The molecule has 37 heavy (non-hydrogen) atoms. The van der Waals surface area contributed by atoms with Gasteiger partial charge in [-0.3, -0.25) is 19.9 Å². The number of fused-ring (bicyclic) bond motifs is 2. The lowest BCUT2D eigenvalue weighted by atomic mass is 10.1. The van der Waals surface area contributed by atoms with Crippen molar-refractivity contribution in [3.63, 3.8) is 0 Å². The van der Waals surface area contributed by atoms with E-state index in [-0.39, 0.29) is 16.8 Å². The van der Waals surface area contributed by atoms with E-state index in [0.717, 1.165) is 16.0 Å². The van der Waals surface area contributed by atoms with Crippen LogP contribution in [0.1, 0.15) is 22.2 Å². The third-order valence-corrected chi connectivity index (χ3v) is 7.14. The molecule has 0 bridgehead atoms. The molecule has 0 unspecified atom stereocenters. The number of H-pyrrole nitrogens is 2. The number of thiophene rings is 1. The van der Waals surface area contributed by atoms with E-state index in [0.29, 0.717) is 45.3 Å². The van der Waals surface area contributed by atoms with Crippen LogP contribution in [0.15, 0.2) is 49.1 Å². The zero-order valence-corrected chi connectivity index (χ0v) is 21.0. The van der Waals surface area contributed by atoms with Crippen molar-refractivity contribution >= 4 is 39.2 Å². The van der Waals surface area contributed by atoms with E-state index in [1.54, 1.807) is 30.7 Å². The van der Waals surface area contributed by atoms with Gasteiger partial charge in [0.2, 0.25) is 0 Å². The Morgan fingerprint density at radius 3 is 2.78 bits per heavy atom. The van der Waals surface area contributed by atoms with Crippen molar-refractivity contribution in [1.82, 2.24) is 40.0 Å². The molecule has 0 amide bonds. The molecule has 0 radical (unpaired) electrons. The Balaban J connectivity index is 1.47. The van der Waals surface area contributed by atoms with Gasteiger partial charge < -0.3 is 9.88 Å². The monoisotopic (exact) mass is 512 g/mol. The third-order valence-electron chi connectivity index (χ3n) is 5.95. The summed E-state index contributed by atoms with van der Waals surface area (Å²) in [5, 5.41) is 7.34. The van der Waals surface area contributed by atoms with E-state index in [2.05, 4.69) is 30.1 Å². The van der Waals surface area contributed by atoms with Gasteiger partial charge in [0.15, 0.2) is 17.3 Å². The van der Waals surface area contributed by atoms with Crippen LogP contribution in [0, 0.1) is 5.82 Å². The molecule has 9 nitrogen and oxygen atoms in total. The molecule has 0 fully saturated rings. The first-order valence-corrected chi connectivity index (χ1v) is 12.3. The van der Waals surface area contributed by atoms with Crippen molar-refractivity contribution in [2.75, 3.05) is 14.1 Å². The number of nitrogens with zero attached hydrogens (tertiary/aromatic N) is 6. The fourth-order valence-electron chi connectivity index (χ4n) is 4.30. The highest BCUT2D eigenvalue weighted by atomic mass is 32.1. The van der Waals surface area contributed by atoms with E-state index >= 15 is 4.39 Å². The number of imidazole rings is 1. The highest BCUT2D eigenvalue weighted by Crippen LogP contribution is 2.35.